The van der Waals surface area contributed by atoms with Gasteiger partial charge in [-0.2, -0.15) is 0 Å². The largest absolute Gasteiger partial charge is 0.311 e. The van der Waals surface area contributed by atoms with Gasteiger partial charge in [-0.15, -0.1) is 0 Å². The summed E-state index contributed by atoms with van der Waals surface area (Å²) in [4.78, 5) is 0. The molecule has 0 radical (unpaired) electrons. The molecule has 2 saturated carbocycles. The Morgan fingerprint density at radius 2 is 1.44 bits per heavy atom. The Morgan fingerprint density at radius 3 is 2.06 bits per heavy atom. The Kier molecular flexibility index (Phi) is 4.75. The molecule has 2 aliphatic rings. The first-order chi connectivity index (χ1) is 8.48. The molecule has 0 heterocycles. The summed E-state index contributed by atoms with van der Waals surface area (Å²) in [6, 6.07) is 1.51. The van der Waals surface area contributed by atoms with Gasteiger partial charge in [0.15, 0.2) is 0 Å². The van der Waals surface area contributed by atoms with Crippen molar-refractivity contribution in [2.75, 3.05) is 0 Å². The van der Waals surface area contributed by atoms with Crippen molar-refractivity contribution in [3.63, 3.8) is 0 Å². The second-order valence-corrected chi connectivity index (χ2v) is 7.86. The fraction of sp³-hybridized carbons (Fsp3) is 1.00. The normalized spacial score (nSPS) is 32.7. The van der Waals surface area contributed by atoms with Crippen molar-refractivity contribution in [3.8, 4) is 0 Å². The maximum absolute atomic E-state index is 4.02. The summed E-state index contributed by atoms with van der Waals surface area (Å²) in [5.41, 5.74) is 0.466. The predicted octanol–water partition coefficient (Wildman–Crippen LogP) is 4.76. The molecule has 0 bridgehead atoms. The van der Waals surface area contributed by atoms with Gasteiger partial charge in [0.1, 0.15) is 0 Å². The second-order valence-electron chi connectivity index (χ2n) is 7.86. The molecule has 1 heteroatoms. The molecule has 2 fully saturated rings. The quantitative estimate of drug-likeness (QED) is 0.762. The molecule has 1 N–H and O–H groups in total. The maximum Gasteiger partial charge on any atom is 0.0103 e. The van der Waals surface area contributed by atoms with Gasteiger partial charge in [0.2, 0.25) is 0 Å². The Balaban J connectivity index is 1.92. The molecule has 3 atom stereocenters. The van der Waals surface area contributed by atoms with Gasteiger partial charge in [0.25, 0.3) is 0 Å². The van der Waals surface area contributed by atoms with E-state index in [1.807, 2.05) is 0 Å². The lowest BCUT2D eigenvalue weighted by atomic mass is 9.69. The standard InChI is InChI=1S/C17H33N/c1-13(14-9-5-6-10-14)18-16-12-8-7-11-15(16)17(2,3)4/h13-16,18H,5-12H2,1-4H3/t13-,15?,16?/m0/s1. The van der Waals surface area contributed by atoms with Crippen molar-refractivity contribution in [2.24, 2.45) is 17.3 Å². The van der Waals surface area contributed by atoms with Crippen molar-refractivity contribution in [1.82, 2.24) is 5.32 Å². The molecule has 0 aromatic heterocycles. The molecule has 2 rings (SSSR count). The second kappa shape index (κ2) is 5.94. The number of hydrogen-bond acceptors (Lipinski definition) is 1. The van der Waals surface area contributed by atoms with Gasteiger partial charge in [0, 0.05) is 12.1 Å². The topological polar surface area (TPSA) is 12.0 Å². The van der Waals surface area contributed by atoms with Gasteiger partial charge in [-0.1, -0.05) is 46.5 Å². The molecule has 0 aromatic rings. The summed E-state index contributed by atoms with van der Waals surface area (Å²) in [5, 5.41) is 4.02. The first-order valence-electron chi connectivity index (χ1n) is 8.24. The van der Waals surface area contributed by atoms with Crippen molar-refractivity contribution in [3.05, 3.63) is 0 Å². The highest BCUT2D eigenvalue weighted by Gasteiger charge is 2.35. The minimum atomic E-state index is 0.466. The molecule has 2 aliphatic carbocycles. The summed E-state index contributed by atoms with van der Waals surface area (Å²) in [7, 11) is 0. The van der Waals surface area contributed by atoms with E-state index in [1.165, 1.54) is 51.4 Å². The van der Waals surface area contributed by atoms with Crippen LogP contribution in [0.5, 0.6) is 0 Å². The first-order valence-corrected chi connectivity index (χ1v) is 8.24. The van der Waals surface area contributed by atoms with Crippen LogP contribution < -0.4 is 5.32 Å². The zero-order valence-corrected chi connectivity index (χ0v) is 13.0. The third kappa shape index (κ3) is 3.50. The van der Waals surface area contributed by atoms with E-state index < -0.39 is 0 Å². The lowest BCUT2D eigenvalue weighted by Crippen LogP contribution is -2.49. The molecule has 0 spiro atoms. The molecular formula is C17H33N. The van der Waals surface area contributed by atoms with Crippen molar-refractivity contribution in [1.29, 1.82) is 0 Å². The number of rotatable bonds is 3. The van der Waals surface area contributed by atoms with Crippen molar-refractivity contribution < 1.29 is 0 Å². The van der Waals surface area contributed by atoms with Crippen LogP contribution in [0.15, 0.2) is 0 Å². The van der Waals surface area contributed by atoms with E-state index in [1.54, 1.807) is 0 Å². The van der Waals surface area contributed by atoms with E-state index in [0.717, 1.165) is 23.9 Å². The van der Waals surface area contributed by atoms with Crippen LogP contribution in [0.3, 0.4) is 0 Å². The molecule has 1 nitrogen and oxygen atoms in total. The summed E-state index contributed by atoms with van der Waals surface area (Å²) in [6.07, 6.45) is 11.5. The molecule has 0 saturated heterocycles. The molecular weight excluding hydrogens is 218 g/mol. The summed E-state index contributed by atoms with van der Waals surface area (Å²) < 4.78 is 0. The molecule has 0 aromatic carbocycles. The fourth-order valence-electron chi connectivity index (χ4n) is 4.30. The number of hydrogen-bond donors (Lipinski definition) is 1. The highest BCUT2D eigenvalue weighted by atomic mass is 15.0. The maximum atomic E-state index is 4.02. The van der Waals surface area contributed by atoms with Gasteiger partial charge < -0.3 is 5.32 Å². The third-order valence-corrected chi connectivity index (χ3v) is 5.46. The average Bonchev–Trinajstić information content (AvgIpc) is 2.81. The van der Waals surface area contributed by atoms with Crippen LogP contribution in [0, 0.1) is 17.3 Å². The van der Waals surface area contributed by atoms with Gasteiger partial charge in [-0.25, -0.2) is 0 Å². The lowest BCUT2D eigenvalue weighted by Gasteiger charge is -2.42. The van der Waals surface area contributed by atoms with Crippen molar-refractivity contribution >= 4 is 0 Å². The zero-order chi connectivity index (χ0) is 13.2. The summed E-state index contributed by atoms with van der Waals surface area (Å²) in [5.74, 6) is 1.82. The van der Waals surface area contributed by atoms with Gasteiger partial charge >= 0.3 is 0 Å². The van der Waals surface area contributed by atoms with Crippen LogP contribution in [-0.2, 0) is 0 Å². The van der Waals surface area contributed by atoms with Crippen LogP contribution in [-0.4, -0.2) is 12.1 Å². The van der Waals surface area contributed by atoms with Crippen LogP contribution >= 0.6 is 0 Å². The summed E-state index contributed by atoms with van der Waals surface area (Å²) >= 11 is 0. The van der Waals surface area contributed by atoms with E-state index in [0.29, 0.717) is 5.41 Å². The van der Waals surface area contributed by atoms with Gasteiger partial charge in [0.05, 0.1) is 0 Å². The van der Waals surface area contributed by atoms with Gasteiger partial charge in [-0.3, -0.25) is 0 Å². The van der Waals surface area contributed by atoms with Crippen LogP contribution in [0.25, 0.3) is 0 Å². The van der Waals surface area contributed by atoms with Crippen LogP contribution in [0.2, 0.25) is 0 Å². The Morgan fingerprint density at radius 1 is 0.889 bits per heavy atom. The zero-order valence-electron chi connectivity index (χ0n) is 13.0. The van der Waals surface area contributed by atoms with E-state index >= 15 is 0 Å². The number of nitrogens with one attached hydrogen (secondary N) is 1. The molecule has 0 aliphatic heterocycles. The monoisotopic (exact) mass is 251 g/mol. The SMILES string of the molecule is C[C@H](NC1CCCCC1C(C)(C)C)C1CCCC1. The van der Waals surface area contributed by atoms with Gasteiger partial charge in [-0.05, 0) is 49.9 Å². The average molecular weight is 251 g/mol. The minimum Gasteiger partial charge on any atom is -0.311 e. The summed E-state index contributed by atoms with van der Waals surface area (Å²) in [6.45, 7) is 9.72. The lowest BCUT2D eigenvalue weighted by molar-refractivity contribution is 0.117. The minimum absolute atomic E-state index is 0.466. The third-order valence-electron chi connectivity index (χ3n) is 5.46. The Labute approximate surface area is 114 Å². The predicted molar refractivity (Wildman–Crippen MR) is 79.8 cm³/mol. The van der Waals surface area contributed by atoms with Crippen molar-refractivity contribution in [2.45, 2.75) is 91.1 Å². The Hall–Kier alpha value is -0.0400. The fourth-order valence-corrected chi connectivity index (χ4v) is 4.30. The smallest absolute Gasteiger partial charge is 0.0103 e. The van der Waals surface area contributed by atoms with E-state index in [9.17, 15) is 0 Å². The molecule has 106 valence electrons. The first kappa shape index (κ1) is 14.4. The Bertz CT molecular complexity index is 247. The molecule has 0 amide bonds. The van der Waals surface area contributed by atoms with Crippen LogP contribution in [0.4, 0.5) is 0 Å². The van der Waals surface area contributed by atoms with E-state index in [2.05, 4.69) is 33.0 Å². The van der Waals surface area contributed by atoms with E-state index in [4.69, 9.17) is 0 Å². The van der Waals surface area contributed by atoms with Crippen LogP contribution in [0.1, 0.15) is 79.1 Å². The van der Waals surface area contributed by atoms with E-state index in [-0.39, 0.29) is 0 Å². The molecule has 2 unspecified atom stereocenters. The molecule has 18 heavy (non-hydrogen) atoms. The highest BCUT2D eigenvalue weighted by Crippen LogP contribution is 2.39. The highest BCUT2D eigenvalue weighted by molar-refractivity contribution is 4.91.